The lowest BCUT2D eigenvalue weighted by atomic mass is 9.76. The highest BCUT2D eigenvalue weighted by molar-refractivity contribution is 5.32. The molecule has 3 heterocycles. The third-order valence-electron chi connectivity index (χ3n) is 5.93. The van der Waals surface area contributed by atoms with Crippen LogP contribution in [0.5, 0.6) is 0 Å². The molecule has 0 bridgehead atoms. The number of aromatic nitrogens is 1. The fourth-order valence-corrected chi connectivity index (χ4v) is 4.59. The first-order valence-corrected chi connectivity index (χ1v) is 9.44. The van der Waals surface area contributed by atoms with Crippen molar-refractivity contribution in [2.24, 2.45) is 0 Å². The molecular weight excluding hydrogens is 308 g/mol. The molecule has 132 valence electrons. The van der Waals surface area contributed by atoms with E-state index in [1.807, 2.05) is 6.20 Å². The summed E-state index contributed by atoms with van der Waals surface area (Å²) in [6, 6.07) is 11.5. The molecule has 0 aliphatic carbocycles. The maximum absolute atomic E-state index is 6.55. The Balaban J connectivity index is 1.64. The van der Waals surface area contributed by atoms with Crippen LogP contribution in [-0.4, -0.2) is 23.7 Å². The van der Waals surface area contributed by atoms with Gasteiger partial charge in [-0.05, 0) is 63.3 Å². The summed E-state index contributed by atoms with van der Waals surface area (Å²) in [5.74, 6) is 0.445. The van der Waals surface area contributed by atoms with E-state index in [1.165, 1.54) is 28.7 Å². The van der Waals surface area contributed by atoms with Gasteiger partial charge in [0.05, 0.1) is 18.2 Å². The van der Waals surface area contributed by atoms with Crippen molar-refractivity contribution in [3.8, 4) is 0 Å². The van der Waals surface area contributed by atoms with Gasteiger partial charge in [-0.15, -0.1) is 0 Å². The highest BCUT2D eigenvalue weighted by Gasteiger charge is 2.48. The van der Waals surface area contributed by atoms with Crippen molar-refractivity contribution in [1.29, 1.82) is 0 Å². The first-order chi connectivity index (χ1) is 12.1. The Labute approximate surface area is 150 Å². The Hall–Kier alpha value is -1.71. The van der Waals surface area contributed by atoms with Crippen LogP contribution >= 0.6 is 0 Å². The number of nitrogens with one attached hydrogen (secondary N) is 1. The number of piperidine rings is 1. The molecule has 4 rings (SSSR count). The van der Waals surface area contributed by atoms with Crippen LogP contribution in [0.3, 0.4) is 0 Å². The molecule has 2 aromatic rings. The van der Waals surface area contributed by atoms with Gasteiger partial charge in [0, 0.05) is 17.8 Å². The van der Waals surface area contributed by atoms with Gasteiger partial charge in [0.2, 0.25) is 0 Å². The largest absolute Gasteiger partial charge is 0.372 e. The zero-order valence-electron chi connectivity index (χ0n) is 15.5. The average molecular weight is 336 g/mol. The Morgan fingerprint density at radius 2 is 1.92 bits per heavy atom. The Morgan fingerprint density at radius 3 is 2.72 bits per heavy atom. The Morgan fingerprint density at radius 1 is 1.12 bits per heavy atom. The van der Waals surface area contributed by atoms with E-state index in [4.69, 9.17) is 4.74 Å². The summed E-state index contributed by atoms with van der Waals surface area (Å²) < 4.78 is 6.55. The van der Waals surface area contributed by atoms with Gasteiger partial charge in [0.15, 0.2) is 0 Å². The number of benzene rings is 1. The van der Waals surface area contributed by atoms with Crippen LogP contribution in [0.1, 0.15) is 59.2 Å². The van der Waals surface area contributed by atoms with Crippen molar-refractivity contribution in [2.45, 2.75) is 57.6 Å². The van der Waals surface area contributed by atoms with Crippen LogP contribution in [0, 0.1) is 20.8 Å². The summed E-state index contributed by atoms with van der Waals surface area (Å²) in [5.41, 5.74) is 6.31. The van der Waals surface area contributed by atoms with E-state index in [0.717, 1.165) is 31.7 Å². The molecule has 3 atom stereocenters. The molecule has 1 aromatic heterocycles. The molecule has 1 spiro atoms. The number of hydrogen-bond donors (Lipinski definition) is 1. The van der Waals surface area contributed by atoms with Crippen molar-refractivity contribution in [3.63, 3.8) is 0 Å². The number of hydrogen-bond acceptors (Lipinski definition) is 3. The van der Waals surface area contributed by atoms with E-state index in [2.05, 4.69) is 61.4 Å². The van der Waals surface area contributed by atoms with Crippen molar-refractivity contribution in [3.05, 3.63) is 64.5 Å². The van der Waals surface area contributed by atoms with Gasteiger partial charge >= 0.3 is 0 Å². The number of rotatable bonds is 2. The monoisotopic (exact) mass is 336 g/mol. The van der Waals surface area contributed by atoms with Gasteiger partial charge in [0.1, 0.15) is 0 Å². The van der Waals surface area contributed by atoms with Crippen LogP contribution in [0.15, 0.2) is 36.5 Å². The maximum Gasteiger partial charge on any atom is 0.0883 e. The molecule has 2 fully saturated rings. The van der Waals surface area contributed by atoms with Crippen molar-refractivity contribution in [2.75, 3.05) is 13.2 Å². The summed E-state index contributed by atoms with van der Waals surface area (Å²) in [4.78, 5) is 4.57. The highest BCUT2D eigenvalue weighted by Crippen LogP contribution is 2.48. The smallest absolute Gasteiger partial charge is 0.0883 e. The minimum Gasteiger partial charge on any atom is -0.372 e. The van der Waals surface area contributed by atoms with Crippen molar-refractivity contribution < 1.29 is 4.74 Å². The molecule has 0 radical (unpaired) electrons. The maximum atomic E-state index is 6.55. The zero-order valence-corrected chi connectivity index (χ0v) is 15.5. The number of pyridine rings is 1. The molecular formula is C22H28N2O. The lowest BCUT2D eigenvalue weighted by molar-refractivity contribution is -0.0484. The van der Waals surface area contributed by atoms with Crippen molar-refractivity contribution >= 4 is 0 Å². The molecule has 0 saturated carbocycles. The second-order valence-electron chi connectivity index (χ2n) is 7.87. The van der Waals surface area contributed by atoms with Gasteiger partial charge < -0.3 is 10.1 Å². The summed E-state index contributed by atoms with van der Waals surface area (Å²) in [6.07, 6.45) is 5.35. The zero-order chi connectivity index (χ0) is 17.4. The standard InChI is InChI=1S/C22H28N2O/c1-15-5-7-18(8-6-15)21-22(9-4-10-23-21)12-19(14-25-22)20-11-16(2)13-24-17(20)3/h5-8,11,13,19,21,23H,4,9-10,12,14H2,1-3H3. The molecule has 2 aliphatic heterocycles. The van der Waals surface area contributed by atoms with Gasteiger partial charge in [-0.3, -0.25) is 4.98 Å². The predicted octanol–water partition coefficient (Wildman–Crippen LogP) is 4.37. The van der Waals surface area contributed by atoms with E-state index in [1.54, 1.807) is 0 Å². The lowest BCUT2D eigenvalue weighted by Gasteiger charge is -2.42. The number of aryl methyl sites for hydroxylation is 3. The minimum absolute atomic E-state index is 0.0889. The first-order valence-electron chi connectivity index (χ1n) is 9.44. The van der Waals surface area contributed by atoms with E-state index in [-0.39, 0.29) is 11.6 Å². The van der Waals surface area contributed by atoms with Gasteiger partial charge in [-0.1, -0.05) is 35.9 Å². The normalized spacial score (nSPS) is 29.2. The minimum atomic E-state index is -0.0889. The van der Waals surface area contributed by atoms with Crippen LogP contribution < -0.4 is 5.32 Å². The molecule has 2 saturated heterocycles. The average Bonchev–Trinajstić information content (AvgIpc) is 3.03. The molecule has 25 heavy (non-hydrogen) atoms. The summed E-state index contributed by atoms with van der Waals surface area (Å²) in [7, 11) is 0. The van der Waals surface area contributed by atoms with E-state index in [9.17, 15) is 0 Å². The SMILES string of the molecule is Cc1ccc(C2NCCCC23CC(c2cc(C)cnc2C)CO3)cc1. The molecule has 2 aliphatic rings. The van der Waals surface area contributed by atoms with Crippen LogP contribution in [0.25, 0.3) is 0 Å². The number of nitrogens with zero attached hydrogens (tertiary/aromatic N) is 1. The van der Waals surface area contributed by atoms with Crippen LogP contribution in [0.4, 0.5) is 0 Å². The van der Waals surface area contributed by atoms with E-state index >= 15 is 0 Å². The molecule has 3 unspecified atom stereocenters. The van der Waals surface area contributed by atoms with Crippen LogP contribution in [0.2, 0.25) is 0 Å². The molecule has 1 aromatic carbocycles. The highest BCUT2D eigenvalue weighted by atomic mass is 16.5. The first kappa shape index (κ1) is 16.7. The summed E-state index contributed by atoms with van der Waals surface area (Å²) >= 11 is 0. The fraction of sp³-hybridized carbons (Fsp3) is 0.500. The summed E-state index contributed by atoms with van der Waals surface area (Å²) in [5, 5.41) is 3.75. The Kier molecular flexibility index (Phi) is 4.38. The summed E-state index contributed by atoms with van der Waals surface area (Å²) in [6.45, 7) is 8.26. The fourth-order valence-electron chi connectivity index (χ4n) is 4.59. The predicted molar refractivity (Wildman–Crippen MR) is 101 cm³/mol. The molecule has 0 amide bonds. The Bertz CT molecular complexity index is 755. The second-order valence-corrected chi connectivity index (χ2v) is 7.87. The lowest BCUT2D eigenvalue weighted by Crippen LogP contribution is -2.48. The van der Waals surface area contributed by atoms with Gasteiger partial charge in [0.25, 0.3) is 0 Å². The van der Waals surface area contributed by atoms with Crippen LogP contribution in [-0.2, 0) is 4.74 Å². The molecule has 3 nitrogen and oxygen atoms in total. The van der Waals surface area contributed by atoms with Gasteiger partial charge in [-0.2, -0.15) is 0 Å². The third-order valence-corrected chi connectivity index (χ3v) is 5.93. The second kappa shape index (κ2) is 6.54. The van der Waals surface area contributed by atoms with Crippen molar-refractivity contribution in [1.82, 2.24) is 10.3 Å². The number of ether oxygens (including phenoxy) is 1. The van der Waals surface area contributed by atoms with Gasteiger partial charge in [-0.25, -0.2) is 0 Å². The van der Waals surface area contributed by atoms with E-state index in [0.29, 0.717) is 5.92 Å². The molecule has 1 N–H and O–H groups in total. The third kappa shape index (κ3) is 3.11. The topological polar surface area (TPSA) is 34.2 Å². The van der Waals surface area contributed by atoms with E-state index < -0.39 is 0 Å². The quantitative estimate of drug-likeness (QED) is 0.884. The molecule has 3 heteroatoms.